The van der Waals surface area contributed by atoms with Gasteiger partial charge in [-0.1, -0.05) is 71.8 Å². The molecule has 142 valence electrons. The number of hydrogen-bond donors (Lipinski definition) is 1. The fourth-order valence-corrected chi connectivity index (χ4v) is 3.46. The van der Waals surface area contributed by atoms with Crippen molar-refractivity contribution in [2.45, 2.75) is 6.54 Å². The molecular formula is C21H23Cl2N3O. The van der Waals surface area contributed by atoms with E-state index in [-0.39, 0.29) is 6.03 Å². The van der Waals surface area contributed by atoms with Crippen LogP contribution in [0, 0.1) is 0 Å². The van der Waals surface area contributed by atoms with Crippen molar-refractivity contribution in [3.63, 3.8) is 0 Å². The highest BCUT2D eigenvalue weighted by Gasteiger charge is 2.20. The minimum atomic E-state index is -0.0551. The predicted molar refractivity (Wildman–Crippen MR) is 112 cm³/mol. The number of nitrogens with zero attached hydrogens (tertiary/aromatic N) is 2. The van der Waals surface area contributed by atoms with Crippen LogP contribution in [-0.2, 0) is 6.54 Å². The highest BCUT2D eigenvalue weighted by molar-refractivity contribution is 6.35. The van der Waals surface area contributed by atoms with Crippen LogP contribution >= 0.6 is 23.2 Å². The number of rotatable bonds is 5. The second kappa shape index (κ2) is 9.79. The van der Waals surface area contributed by atoms with E-state index in [0.717, 1.165) is 38.3 Å². The van der Waals surface area contributed by atoms with Crippen LogP contribution in [0.25, 0.3) is 6.08 Å². The summed E-state index contributed by atoms with van der Waals surface area (Å²) in [6.07, 6.45) is 4.31. The number of amides is 2. The molecule has 27 heavy (non-hydrogen) atoms. The van der Waals surface area contributed by atoms with Gasteiger partial charge in [0.25, 0.3) is 0 Å². The zero-order valence-corrected chi connectivity index (χ0v) is 16.6. The van der Waals surface area contributed by atoms with Gasteiger partial charge in [0.05, 0.1) is 0 Å². The van der Waals surface area contributed by atoms with Gasteiger partial charge in [0, 0.05) is 49.3 Å². The summed E-state index contributed by atoms with van der Waals surface area (Å²) in [4.78, 5) is 16.6. The summed E-state index contributed by atoms with van der Waals surface area (Å²) < 4.78 is 0. The molecule has 0 aliphatic carbocycles. The fourth-order valence-electron chi connectivity index (χ4n) is 2.98. The van der Waals surface area contributed by atoms with Gasteiger partial charge in [-0.3, -0.25) is 4.90 Å². The van der Waals surface area contributed by atoms with Crippen molar-refractivity contribution in [3.05, 3.63) is 75.8 Å². The third-order valence-corrected chi connectivity index (χ3v) is 5.17. The predicted octanol–water partition coefficient (Wildman–Crippen LogP) is 4.53. The summed E-state index contributed by atoms with van der Waals surface area (Å²) in [5.41, 5.74) is 2.07. The number of piperazine rings is 1. The molecule has 2 aromatic carbocycles. The first-order valence-electron chi connectivity index (χ1n) is 9.02. The monoisotopic (exact) mass is 403 g/mol. The maximum absolute atomic E-state index is 12.4. The van der Waals surface area contributed by atoms with E-state index < -0.39 is 0 Å². The van der Waals surface area contributed by atoms with Crippen molar-refractivity contribution in [1.82, 2.24) is 15.1 Å². The van der Waals surface area contributed by atoms with Crippen molar-refractivity contribution in [2.75, 3.05) is 32.7 Å². The minimum absolute atomic E-state index is 0.0551. The van der Waals surface area contributed by atoms with Gasteiger partial charge >= 0.3 is 6.03 Å². The number of benzene rings is 2. The van der Waals surface area contributed by atoms with E-state index in [4.69, 9.17) is 23.2 Å². The molecule has 0 bridgehead atoms. The van der Waals surface area contributed by atoms with Crippen LogP contribution in [0.3, 0.4) is 0 Å². The molecule has 0 unspecified atom stereocenters. The summed E-state index contributed by atoms with van der Waals surface area (Å²) in [5, 5.41) is 4.09. The average Bonchev–Trinajstić information content (AvgIpc) is 2.68. The fraction of sp³-hybridized carbons (Fsp3) is 0.286. The van der Waals surface area contributed by atoms with Crippen molar-refractivity contribution in [2.24, 2.45) is 0 Å². The summed E-state index contributed by atoms with van der Waals surface area (Å²) >= 11 is 12.0. The first-order valence-corrected chi connectivity index (χ1v) is 9.78. The summed E-state index contributed by atoms with van der Waals surface area (Å²) in [6.45, 7) is 4.47. The van der Waals surface area contributed by atoms with Gasteiger partial charge in [-0.15, -0.1) is 0 Å². The zero-order chi connectivity index (χ0) is 19.1. The molecule has 0 atom stereocenters. The normalized spacial score (nSPS) is 15.3. The van der Waals surface area contributed by atoms with Crippen LogP contribution in [0.2, 0.25) is 10.0 Å². The van der Waals surface area contributed by atoms with Gasteiger partial charge in [0.1, 0.15) is 0 Å². The van der Waals surface area contributed by atoms with Gasteiger partial charge in [-0.2, -0.15) is 0 Å². The summed E-state index contributed by atoms with van der Waals surface area (Å²) in [5.74, 6) is 0. The zero-order valence-electron chi connectivity index (χ0n) is 15.1. The maximum Gasteiger partial charge on any atom is 0.317 e. The maximum atomic E-state index is 12.4. The van der Waals surface area contributed by atoms with E-state index in [1.807, 2.05) is 29.2 Å². The lowest BCUT2D eigenvalue weighted by atomic mass is 10.2. The van der Waals surface area contributed by atoms with E-state index in [9.17, 15) is 4.79 Å². The molecule has 6 heteroatoms. The highest BCUT2D eigenvalue weighted by atomic mass is 35.5. The number of halogens is 2. The Morgan fingerprint density at radius 1 is 1.04 bits per heavy atom. The molecule has 1 saturated heterocycles. The smallest absolute Gasteiger partial charge is 0.317 e. The van der Waals surface area contributed by atoms with Crippen LogP contribution in [0.4, 0.5) is 4.79 Å². The van der Waals surface area contributed by atoms with Crippen LogP contribution in [-0.4, -0.2) is 48.6 Å². The summed E-state index contributed by atoms with van der Waals surface area (Å²) in [6, 6.07) is 15.5. The first-order chi connectivity index (χ1) is 13.1. The van der Waals surface area contributed by atoms with Crippen molar-refractivity contribution in [3.8, 4) is 0 Å². The third-order valence-electron chi connectivity index (χ3n) is 4.58. The average molecular weight is 404 g/mol. The number of nitrogens with one attached hydrogen (secondary N) is 1. The first kappa shape index (κ1) is 19.7. The molecular weight excluding hydrogens is 381 g/mol. The highest BCUT2D eigenvalue weighted by Crippen LogP contribution is 2.20. The Kier molecular flexibility index (Phi) is 7.16. The lowest BCUT2D eigenvalue weighted by Gasteiger charge is -2.34. The summed E-state index contributed by atoms with van der Waals surface area (Å²) in [7, 11) is 0. The second-order valence-electron chi connectivity index (χ2n) is 6.50. The Morgan fingerprint density at radius 2 is 1.78 bits per heavy atom. The Bertz CT molecular complexity index is 787. The number of carbonyl (C=O) groups excluding carboxylic acids is 1. The van der Waals surface area contributed by atoms with Gasteiger partial charge in [-0.05, 0) is 23.3 Å². The van der Waals surface area contributed by atoms with Crippen molar-refractivity contribution in [1.29, 1.82) is 0 Å². The lowest BCUT2D eigenvalue weighted by molar-refractivity contribution is 0.146. The van der Waals surface area contributed by atoms with E-state index >= 15 is 0 Å². The van der Waals surface area contributed by atoms with Crippen LogP contribution in [0.1, 0.15) is 11.1 Å². The second-order valence-corrected chi connectivity index (χ2v) is 7.34. The Labute approximate surface area is 170 Å². The topological polar surface area (TPSA) is 35.6 Å². The number of carbonyl (C=O) groups is 1. The molecule has 1 N–H and O–H groups in total. The van der Waals surface area contributed by atoms with Crippen LogP contribution < -0.4 is 5.32 Å². The van der Waals surface area contributed by atoms with Crippen molar-refractivity contribution < 1.29 is 4.79 Å². The molecule has 0 spiro atoms. The van der Waals surface area contributed by atoms with Gasteiger partial charge < -0.3 is 10.2 Å². The number of urea groups is 1. The molecule has 2 aromatic rings. The van der Waals surface area contributed by atoms with Crippen molar-refractivity contribution >= 4 is 35.3 Å². The molecule has 0 radical (unpaired) electrons. The molecule has 4 nitrogen and oxygen atoms in total. The largest absolute Gasteiger partial charge is 0.334 e. The molecule has 2 amide bonds. The minimum Gasteiger partial charge on any atom is -0.334 e. The molecule has 1 aliphatic heterocycles. The SMILES string of the molecule is O=C(NCc1ccc(Cl)cc1Cl)N1CCN(CC=Cc2ccccc2)CC1. The van der Waals surface area contributed by atoms with Crippen LogP contribution in [0.5, 0.6) is 0 Å². The van der Waals surface area contributed by atoms with E-state index in [0.29, 0.717) is 16.6 Å². The van der Waals surface area contributed by atoms with E-state index in [1.54, 1.807) is 12.1 Å². The molecule has 1 fully saturated rings. The Hall–Kier alpha value is -2.01. The number of hydrogen-bond acceptors (Lipinski definition) is 2. The lowest BCUT2D eigenvalue weighted by Crippen LogP contribution is -2.51. The van der Waals surface area contributed by atoms with Gasteiger partial charge in [0.2, 0.25) is 0 Å². The third kappa shape index (κ3) is 5.99. The molecule has 0 saturated carbocycles. The molecule has 1 heterocycles. The Balaban J connectivity index is 1.40. The van der Waals surface area contributed by atoms with E-state index in [1.165, 1.54) is 5.56 Å². The Morgan fingerprint density at radius 3 is 2.48 bits per heavy atom. The molecule has 1 aliphatic rings. The van der Waals surface area contributed by atoms with Gasteiger partial charge in [-0.25, -0.2) is 4.79 Å². The van der Waals surface area contributed by atoms with Gasteiger partial charge in [0.15, 0.2) is 0 Å². The quantitative estimate of drug-likeness (QED) is 0.795. The molecule has 3 rings (SSSR count). The standard InChI is InChI=1S/C21H23Cl2N3O/c22-19-9-8-18(20(23)15-19)16-24-21(27)26-13-11-25(12-14-26)10-4-7-17-5-2-1-3-6-17/h1-9,15H,10-14,16H2,(H,24,27). The van der Waals surface area contributed by atoms with E-state index in [2.05, 4.69) is 34.5 Å². The van der Waals surface area contributed by atoms with Crippen LogP contribution in [0.15, 0.2) is 54.6 Å². The molecule has 0 aromatic heterocycles.